The Morgan fingerprint density at radius 1 is 0.776 bits per heavy atom. The smallest absolute Gasteiger partial charge is 0.406 e. The zero-order chi connectivity index (χ0) is 36.0. The monoisotopic (exact) mass is 683 g/mol. The van der Waals surface area contributed by atoms with Crippen LogP contribution in [0.5, 0.6) is 5.75 Å². The van der Waals surface area contributed by atoms with Crippen molar-refractivity contribution < 1.29 is 37.1 Å². The third-order valence-corrected chi connectivity index (χ3v) is 7.59. The van der Waals surface area contributed by atoms with Gasteiger partial charge in [-0.2, -0.15) is 0 Å². The molecule has 3 aromatic rings. The summed E-state index contributed by atoms with van der Waals surface area (Å²) in [6.07, 6.45) is -4.30. The Balaban J connectivity index is 1.64. The molecule has 0 aliphatic rings. The van der Waals surface area contributed by atoms with Crippen molar-refractivity contribution in [2.45, 2.75) is 65.0 Å². The van der Waals surface area contributed by atoms with Crippen LogP contribution in [-0.2, 0) is 22.4 Å². The zero-order valence-electron chi connectivity index (χ0n) is 28.0. The molecule has 5 N–H and O–H groups in total. The van der Waals surface area contributed by atoms with E-state index in [0.29, 0.717) is 13.0 Å². The summed E-state index contributed by atoms with van der Waals surface area (Å²) >= 11 is 0. The van der Waals surface area contributed by atoms with Crippen LogP contribution in [0.15, 0.2) is 78.9 Å². The van der Waals surface area contributed by atoms with Crippen LogP contribution < -0.4 is 31.3 Å². The van der Waals surface area contributed by atoms with Crippen LogP contribution in [0.3, 0.4) is 0 Å². The van der Waals surface area contributed by atoms with Gasteiger partial charge in [0.15, 0.2) is 0 Å². The first-order chi connectivity index (χ1) is 23.3. The standard InChI is InChI=1S/C36H44F3N5O5/c1-5-40-35(48)31(23(2)3)44-32(45)24(4)42-22-29(20-25-12-7-6-8-13-25)43-34(47)28-16-11-15-27(21-28)33(46)41-19-18-26-14-9-10-17-30(26)49-36(37,38)39/h6-17,21,23-24,29,31,42H,5,18-20,22H2,1-4H3,(H,40,48)(H,41,46)(H,43,47)(H,44,45)/t24-,29-,31-/m0/s1. The van der Waals surface area contributed by atoms with Crippen molar-refractivity contribution in [1.82, 2.24) is 26.6 Å². The van der Waals surface area contributed by atoms with E-state index in [0.717, 1.165) is 5.56 Å². The maximum absolute atomic E-state index is 13.4. The van der Waals surface area contributed by atoms with E-state index in [9.17, 15) is 32.3 Å². The summed E-state index contributed by atoms with van der Waals surface area (Å²) < 4.78 is 42.3. The second-order valence-corrected chi connectivity index (χ2v) is 11.9. The highest BCUT2D eigenvalue weighted by molar-refractivity contribution is 5.99. The number of likely N-dealkylation sites (N-methyl/N-ethyl adjacent to an activating group) is 1. The van der Waals surface area contributed by atoms with Crippen molar-refractivity contribution in [2.24, 2.45) is 5.92 Å². The molecule has 264 valence electrons. The van der Waals surface area contributed by atoms with Gasteiger partial charge in [-0.15, -0.1) is 13.2 Å². The number of para-hydroxylation sites is 1. The van der Waals surface area contributed by atoms with Gasteiger partial charge in [-0.3, -0.25) is 19.2 Å². The number of amides is 4. The molecule has 3 rings (SSSR count). The number of carbonyl (C=O) groups is 4. The Kier molecular flexibility index (Phi) is 14.6. The van der Waals surface area contributed by atoms with Gasteiger partial charge >= 0.3 is 6.36 Å². The van der Waals surface area contributed by atoms with Crippen LogP contribution in [0.25, 0.3) is 0 Å². The van der Waals surface area contributed by atoms with Crippen LogP contribution in [0.2, 0.25) is 0 Å². The van der Waals surface area contributed by atoms with Crippen molar-refractivity contribution in [3.05, 3.63) is 101 Å². The number of hydrogen-bond acceptors (Lipinski definition) is 6. The van der Waals surface area contributed by atoms with Crippen molar-refractivity contribution >= 4 is 23.6 Å². The Hall–Kier alpha value is -4.91. The summed E-state index contributed by atoms with van der Waals surface area (Å²) in [6, 6.07) is 19.5. The molecule has 4 amide bonds. The van der Waals surface area contributed by atoms with E-state index in [1.54, 1.807) is 32.0 Å². The Labute approximate surface area is 284 Å². The summed E-state index contributed by atoms with van der Waals surface area (Å²) in [4.78, 5) is 51.7. The van der Waals surface area contributed by atoms with E-state index in [1.807, 2.05) is 44.2 Å². The van der Waals surface area contributed by atoms with Gasteiger partial charge in [-0.1, -0.05) is 68.4 Å². The number of alkyl halides is 3. The Morgan fingerprint density at radius 2 is 1.43 bits per heavy atom. The molecule has 0 aromatic heterocycles. The SMILES string of the molecule is CCNC(=O)[C@@H](NC(=O)[C@H](C)NC[C@H](Cc1ccccc1)NC(=O)c1cccc(C(=O)NCCc2ccccc2OC(F)(F)F)c1)C(C)C. The molecule has 0 aliphatic heterocycles. The molecule has 0 bridgehead atoms. The second kappa shape index (κ2) is 18.6. The minimum absolute atomic E-state index is 0.0330. The van der Waals surface area contributed by atoms with E-state index in [2.05, 4.69) is 31.3 Å². The minimum atomic E-state index is -4.84. The fraction of sp³-hybridized carbons (Fsp3) is 0.389. The van der Waals surface area contributed by atoms with Gasteiger partial charge in [0.25, 0.3) is 11.8 Å². The van der Waals surface area contributed by atoms with Gasteiger partial charge in [0, 0.05) is 36.8 Å². The molecule has 0 spiro atoms. The zero-order valence-corrected chi connectivity index (χ0v) is 28.0. The van der Waals surface area contributed by atoms with Crippen LogP contribution in [0, 0.1) is 5.92 Å². The first-order valence-corrected chi connectivity index (χ1v) is 16.2. The first kappa shape index (κ1) is 38.5. The highest BCUT2D eigenvalue weighted by Gasteiger charge is 2.32. The predicted octanol–water partition coefficient (Wildman–Crippen LogP) is 4.15. The minimum Gasteiger partial charge on any atom is -0.406 e. The van der Waals surface area contributed by atoms with Gasteiger partial charge in [-0.25, -0.2) is 0 Å². The average molecular weight is 684 g/mol. The molecule has 0 fully saturated rings. The number of halogens is 3. The summed E-state index contributed by atoms with van der Waals surface area (Å²) in [5, 5.41) is 14.4. The molecule has 0 radical (unpaired) electrons. The van der Waals surface area contributed by atoms with E-state index in [4.69, 9.17) is 0 Å². The molecule has 0 saturated carbocycles. The summed E-state index contributed by atoms with van der Waals surface area (Å²) in [7, 11) is 0. The highest BCUT2D eigenvalue weighted by Crippen LogP contribution is 2.26. The molecule has 0 heterocycles. The number of rotatable bonds is 17. The molecule has 0 aliphatic carbocycles. The van der Waals surface area contributed by atoms with Crippen molar-refractivity contribution in [3.8, 4) is 5.75 Å². The van der Waals surface area contributed by atoms with E-state index in [1.165, 1.54) is 30.3 Å². The lowest BCUT2D eigenvalue weighted by molar-refractivity contribution is -0.274. The van der Waals surface area contributed by atoms with Crippen molar-refractivity contribution in [2.75, 3.05) is 19.6 Å². The summed E-state index contributed by atoms with van der Waals surface area (Å²) in [6.45, 7) is 7.88. The number of carbonyl (C=O) groups excluding carboxylic acids is 4. The molecule has 0 unspecified atom stereocenters. The van der Waals surface area contributed by atoms with Crippen molar-refractivity contribution in [1.29, 1.82) is 0 Å². The number of hydrogen-bond donors (Lipinski definition) is 5. The normalized spacial score (nSPS) is 13.1. The van der Waals surface area contributed by atoms with Crippen LogP contribution >= 0.6 is 0 Å². The van der Waals surface area contributed by atoms with Gasteiger partial charge in [0.2, 0.25) is 11.8 Å². The van der Waals surface area contributed by atoms with Gasteiger partial charge in [0.1, 0.15) is 11.8 Å². The van der Waals surface area contributed by atoms with Gasteiger partial charge in [0.05, 0.1) is 6.04 Å². The van der Waals surface area contributed by atoms with Crippen molar-refractivity contribution in [3.63, 3.8) is 0 Å². The third-order valence-electron chi connectivity index (χ3n) is 7.59. The highest BCUT2D eigenvalue weighted by atomic mass is 19.4. The molecule has 3 atom stereocenters. The van der Waals surface area contributed by atoms with Crippen LogP contribution in [0.1, 0.15) is 59.5 Å². The second-order valence-electron chi connectivity index (χ2n) is 11.9. The fourth-order valence-corrected chi connectivity index (χ4v) is 5.00. The summed E-state index contributed by atoms with van der Waals surface area (Å²) in [5.74, 6) is -2.02. The average Bonchev–Trinajstić information content (AvgIpc) is 3.06. The molecule has 13 heteroatoms. The molecular weight excluding hydrogens is 639 g/mol. The third kappa shape index (κ3) is 12.9. The van der Waals surface area contributed by atoms with Crippen LogP contribution in [-0.4, -0.2) is 67.8 Å². The number of nitrogens with one attached hydrogen (secondary N) is 5. The maximum Gasteiger partial charge on any atom is 0.573 e. The van der Waals surface area contributed by atoms with E-state index >= 15 is 0 Å². The predicted molar refractivity (Wildman–Crippen MR) is 180 cm³/mol. The van der Waals surface area contributed by atoms with E-state index < -0.39 is 36.3 Å². The number of ether oxygens (including phenoxy) is 1. The lowest BCUT2D eigenvalue weighted by Gasteiger charge is -2.25. The van der Waals surface area contributed by atoms with E-state index in [-0.39, 0.29) is 59.7 Å². The Morgan fingerprint density at radius 3 is 2.08 bits per heavy atom. The topological polar surface area (TPSA) is 138 Å². The fourth-order valence-electron chi connectivity index (χ4n) is 5.00. The summed E-state index contributed by atoms with van der Waals surface area (Å²) in [5.41, 5.74) is 1.66. The first-order valence-electron chi connectivity index (χ1n) is 16.2. The van der Waals surface area contributed by atoms with Crippen LogP contribution in [0.4, 0.5) is 13.2 Å². The number of benzene rings is 3. The van der Waals surface area contributed by atoms with Gasteiger partial charge in [-0.05, 0) is 68.0 Å². The molecule has 10 nitrogen and oxygen atoms in total. The molecule has 3 aromatic carbocycles. The Bertz CT molecular complexity index is 1550. The largest absolute Gasteiger partial charge is 0.573 e. The lowest BCUT2D eigenvalue weighted by Crippen LogP contribution is -2.55. The molecule has 0 saturated heterocycles. The lowest BCUT2D eigenvalue weighted by atomic mass is 10.0. The van der Waals surface area contributed by atoms with Gasteiger partial charge < -0.3 is 31.3 Å². The quantitative estimate of drug-likeness (QED) is 0.145. The maximum atomic E-state index is 13.4. The molecule has 49 heavy (non-hydrogen) atoms. The molecular formula is C36H44F3N5O5.